The van der Waals surface area contributed by atoms with Crippen molar-refractivity contribution in [3.05, 3.63) is 90.5 Å². The SMILES string of the molecule is COc1ccc(NC/C=C/c2ccc(-c3ccccc3)cc2)cc1. The summed E-state index contributed by atoms with van der Waals surface area (Å²) < 4.78 is 5.15. The third-order valence-electron chi connectivity index (χ3n) is 3.84. The Morgan fingerprint density at radius 3 is 2.12 bits per heavy atom. The lowest BCUT2D eigenvalue weighted by atomic mass is 10.0. The molecule has 0 fully saturated rings. The van der Waals surface area contributed by atoms with Crippen molar-refractivity contribution in [1.29, 1.82) is 0 Å². The molecular formula is C22H21NO. The van der Waals surface area contributed by atoms with Gasteiger partial charge in [0, 0.05) is 12.2 Å². The maximum absolute atomic E-state index is 5.15. The third kappa shape index (κ3) is 4.26. The molecule has 24 heavy (non-hydrogen) atoms. The highest BCUT2D eigenvalue weighted by Gasteiger charge is 1.96. The number of nitrogens with one attached hydrogen (secondary N) is 1. The van der Waals surface area contributed by atoms with E-state index in [1.807, 2.05) is 30.3 Å². The molecule has 0 radical (unpaired) electrons. The number of anilines is 1. The number of hydrogen-bond donors (Lipinski definition) is 1. The van der Waals surface area contributed by atoms with Crippen molar-refractivity contribution in [1.82, 2.24) is 0 Å². The monoisotopic (exact) mass is 315 g/mol. The summed E-state index contributed by atoms with van der Waals surface area (Å²) in [5, 5.41) is 3.36. The van der Waals surface area contributed by atoms with Gasteiger partial charge in [-0.2, -0.15) is 0 Å². The molecule has 0 heterocycles. The molecule has 3 aromatic carbocycles. The number of rotatable bonds is 6. The number of methoxy groups -OCH3 is 1. The number of benzene rings is 3. The predicted molar refractivity (Wildman–Crippen MR) is 102 cm³/mol. The lowest BCUT2D eigenvalue weighted by Gasteiger charge is -2.05. The average molecular weight is 315 g/mol. The van der Waals surface area contributed by atoms with E-state index < -0.39 is 0 Å². The standard InChI is InChI=1S/C22H21NO/c1-24-22-15-13-21(14-16-22)23-17-5-6-18-9-11-20(12-10-18)19-7-3-2-4-8-19/h2-16,23H,17H2,1H3/b6-5+. The van der Waals surface area contributed by atoms with Gasteiger partial charge in [0.15, 0.2) is 0 Å². The van der Waals surface area contributed by atoms with Crippen molar-refractivity contribution >= 4 is 11.8 Å². The minimum Gasteiger partial charge on any atom is -0.497 e. The van der Waals surface area contributed by atoms with E-state index in [1.54, 1.807) is 7.11 Å². The number of hydrogen-bond acceptors (Lipinski definition) is 2. The second-order valence-electron chi connectivity index (χ2n) is 5.50. The molecule has 3 aromatic rings. The van der Waals surface area contributed by atoms with Crippen LogP contribution in [0.3, 0.4) is 0 Å². The first-order valence-electron chi connectivity index (χ1n) is 8.05. The molecule has 2 heteroatoms. The Hall–Kier alpha value is -3.00. The highest BCUT2D eigenvalue weighted by Crippen LogP contribution is 2.19. The molecule has 0 aliphatic rings. The van der Waals surface area contributed by atoms with Crippen molar-refractivity contribution in [2.75, 3.05) is 19.0 Å². The van der Waals surface area contributed by atoms with E-state index in [4.69, 9.17) is 4.74 Å². The minimum atomic E-state index is 0.784. The molecule has 120 valence electrons. The summed E-state index contributed by atoms with van der Waals surface area (Å²) in [5.41, 5.74) is 4.77. The molecule has 0 aliphatic heterocycles. The van der Waals surface area contributed by atoms with Crippen LogP contribution in [-0.2, 0) is 0 Å². The molecule has 0 bridgehead atoms. The van der Waals surface area contributed by atoms with Crippen molar-refractivity contribution in [3.63, 3.8) is 0 Å². The minimum absolute atomic E-state index is 0.784. The molecular weight excluding hydrogens is 294 g/mol. The van der Waals surface area contributed by atoms with E-state index in [2.05, 4.69) is 66.0 Å². The molecule has 0 atom stereocenters. The molecule has 0 amide bonds. The maximum atomic E-state index is 5.15. The Labute approximate surface area is 143 Å². The van der Waals surface area contributed by atoms with Crippen LogP contribution >= 0.6 is 0 Å². The third-order valence-corrected chi connectivity index (χ3v) is 3.84. The van der Waals surface area contributed by atoms with Crippen LogP contribution in [-0.4, -0.2) is 13.7 Å². The molecule has 0 spiro atoms. The fourth-order valence-electron chi connectivity index (χ4n) is 2.50. The van der Waals surface area contributed by atoms with E-state index in [-0.39, 0.29) is 0 Å². The fraction of sp³-hybridized carbons (Fsp3) is 0.0909. The summed E-state index contributed by atoms with van der Waals surface area (Å²) in [6.45, 7) is 0.784. The summed E-state index contributed by atoms with van der Waals surface area (Å²) in [7, 11) is 1.67. The molecule has 0 aromatic heterocycles. The second kappa shape index (κ2) is 8.02. The average Bonchev–Trinajstić information content (AvgIpc) is 2.67. The maximum Gasteiger partial charge on any atom is 0.119 e. The van der Waals surface area contributed by atoms with Gasteiger partial charge in [0.05, 0.1) is 7.11 Å². The Balaban J connectivity index is 1.54. The van der Waals surface area contributed by atoms with Crippen molar-refractivity contribution in [3.8, 4) is 16.9 Å². The van der Waals surface area contributed by atoms with Gasteiger partial charge in [0.1, 0.15) is 5.75 Å². The van der Waals surface area contributed by atoms with Gasteiger partial charge in [-0.25, -0.2) is 0 Å². The molecule has 0 saturated heterocycles. The normalized spacial score (nSPS) is 10.7. The van der Waals surface area contributed by atoms with Crippen LogP contribution in [0.15, 0.2) is 84.9 Å². The van der Waals surface area contributed by atoms with E-state index in [1.165, 1.54) is 16.7 Å². The topological polar surface area (TPSA) is 21.3 Å². The predicted octanol–water partition coefficient (Wildman–Crippen LogP) is 5.49. The van der Waals surface area contributed by atoms with Crippen molar-refractivity contribution in [2.45, 2.75) is 0 Å². The van der Waals surface area contributed by atoms with Crippen LogP contribution in [0.1, 0.15) is 5.56 Å². The van der Waals surface area contributed by atoms with Gasteiger partial charge < -0.3 is 10.1 Å². The Bertz CT molecular complexity index is 774. The summed E-state index contributed by atoms with van der Waals surface area (Å²) in [5.74, 6) is 0.870. The second-order valence-corrected chi connectivity index (χ2v) is 5.50. The van der Waals surface area contributed by atoms with Gasteiger partial charge in [0.2, 0.25) is 0 Å². The van der Waals surface area contributed by atoms with E-state index in [0.29, 0.717) is 0 Å². The molecule has 0 saturated carbocycles. The van der Waals surface area contributed by atoms with Gasteiger partial charge >= 0.3 is 0 Å². The summed E-state index contributed by atoms with van der Waals surface area (Å²) >= 11 is 0. The Kier molecular flexibility index (Phi) is 5.31. The number of ether oxygens (including phenoxy) is 1. The molecule has 2 nitrogen and oxygen atoms in total. The summed E-state index contributed by atoms with van der Waals surface area (Å²) in [4.78, 5) is 0. The first-order chi connectivity index (χ1) is 11.8. The van der Waals surface area contributed by atoms with Gasteiger partial charge in [-0.15, -0.1) is 0 Å². The smallest absolute Gasteiger partial charge is 0.119 e. The quantitative estimate of drug-likeness (QED) is 0.649. The molecule has 1 N–H and O–H groups in total. The summed E-state index contributed by atoms with van der Waals surface area (Å²) in [6.07, 6.45) is 4.26. The Morgan fingerprint density at radius 1 is 0.792 bits per heavy atom. The molecule has 3 rings (SSSR count). The van der Waals surface area contributed by atoms with Crippen LogP contribution in [0, 0.1) is 0 Å². The van der Waals surface area contributed by atoms with Crippen LogP contribution in [0.2, 0.25) is 0 Å². The zero-order valence-corrected chi connectivity index (χ0v) is 13.8. The summed E-state index contributed by atoms with van der Waals surface area (Å²) in [6, 6.07) is 27.0. The van der Waals surface area contributed by atoms with E-state index in [9.17, 15) is 0 Å². The van der Waals surface area contributed by atoms with Crippen LogP contribution in [0.5, 0.6) is 5.75 Å². The Morgan fingerprint density at radius 2 is 1.46 bits per heavy atom. The lowest BCUT2D eigenvalue weighted by Crippen LogP contribution is -1.97. The highest BCUT2D eigenvalue weighted by atomic mass is 16.5. The molecule has 0 unspecified atom stereocenters. The lowest BCUT2D eigenvalue weighted by molar-refractivity contribution is 0.415. The highest BCUT2D eigenvalue weighted by molar-refractivity contribution is 5.65. The van der Waals surface area contributed by atoms with Crippen LogP contribution in [0.4, 0.5) is 5.69 Å². The van der Waals surface area contributed by atoms with E-state index >= 15 is 0 Å². The van der Waals surface area contributed by atoms with Gasteiger partial charge in [-0.05, 0) is 41.0 Å². The fourth-order valence-corrected chi connectivity index (χ4v) is 2.50. The zero-order valence-electron chi connectivity index (χ0n) is 13.8. The van der Waals surface area contributed by atoms with Gasteiger partial charge in [-0.1, -0.05) is 66.7 Å². The first-order valence-corrected chi connectivity index (χ1v) is 8.05. The van der Waals surface area contributed by atoms with Gasteiger partial charge in [0.25, 0.3) is 0 Å². The van der Waals surface area contributed by atoms with Crippen LogP contribution in [0.25, 0.3) is 17.2 Å². The van der Waals surface area contributed by atoms with Gasteiger partial charge in [-0.3, -0.25) is 0 Å². The molecule has 0 aliphatic carbocycles. The van der Waals surface area contributed by atoms with E-state index in [0.717, 1.165) is 18.0 Å². The van der Waals surface area contributed by atoms with Crippen molar-refractivity contribution in [2.24, 2.45) is 0 Å². The zero-order chi connectivity index (χ0) is 16.6. The first kappa shape index (κ1) is 15.9. The van der Waals surface area contributed by atoms with Crippen molar-refractivity contribution < 1.29 is 4.74 Å². The van der Waals surface area contributed by atoms with Crippen LogP contribution < -0.4 is 10.1 Å². The largest absolute Gasteiger partial charge is 0.497 e.